The number of rotatable bonds is 4. The lowest BCUT2D eigenvalue weighted by molar-refractivity contribution is 0.203. The second-order valence-electron chi connectivity index (χ2n) is 6.27. The van der Waals surface area contributed by atoms with Crippen LogP contribution in [-0.2, 0) is 6.54 Å². The zero-order chi connectivity index (χ0) is 15.4. The van der Waals surface area contributed by atoms with Gasteiger partial charge in [-0.15, -0.1) is 0 Å². The van der Waals surface area contributed by atoms with Crippen LogP contribution in [0.25, 0.3) is 0 Å². The van der Waals surface area contributed by atoms with E-state index in [0.29, 0.717) is 12.0 Å². The van der Waals surface area contributed by atoms with E-state index in [1.165, 1.54) is 11.6 Å². The molecule has 22 heavy (non-hydrogen) atoms. The predicted molar refractivity (Wildman–Crippen MR) is 88.3 cm³/mol. The summed E-state index contributed by atoms with van der Waals surface area (Å²) >= 11 is 0. The highest BCUT2D eigenvalue weighted by molar-refractivity contribution is 5.22. The van der Waals surface area contributed by atoms with Gasteiger partial charge in [-0.2, -0.15) is 0 Å². The van der Waals surface area contributed by atoms with Gasteiger partial charge in [-0.25, -0.2) is 4.39 Å². The fourth-order valence-electron chi connectivity index (χ4n) is 3.33. The van der Waals surface area contributed by atoms with Crippen molar-refractivity contribution in [3.8, 4) is 0 Å². The van der Waals surface area contributed by atoms with Gasteiger partial charge in [0.1, 0.15) is 5.82 Å². The Morgan fingerprint density at radius 3 is 2.68 bits per heavy atom. The molecule has 0 amide bonds. The Kier molecular flexibility index (Phi) is 4.86. The molecule has 3 rings (SSSR count). The van der Waals surface area contributed by atoms with Crippen LogP contribution in [0.15, 0.2) is 54.6 Å². The first-order chi connectivity index (χ1) is 10.7. The molecule has 2 aromatic rings. The van der Waals surface area contributed by atoms with Crippen LogP contribution >= 0.6 is 0 Å². The van der Waals surface area contributed by atoms with Crippen LogP contribution in [0.1, 0.15) is 23.5 Å². The van der Waals surface area contributed by atoms with Gasteiger partial charge in [0.05, 0.1) is 0 Å². The third-order valence-corrected chi connectivity index (χ3v) is 4.39. The average molecular weight is 298 g/mol. The Morgan fingerprint density at radius 2 is 1.91 bits per heavy atom. The van der Waals surface area contributed by atoms with Crippen LogP contribution in [0.3, 0.4) is 0 Å². The molecule has 0 aliphatic carbocycles. The van der Waals surface area contributed by atoms with Crippen molar-refractivity contribution in [1.29, 1.82) is 0 Å². The molecule has 1 aliphatic rings. The van der Waals surface area contributed by atoms with Crippen LogP contribution in [0, 0.1) is 5.82 Å². The second-order valence-corrected chi connectivity index (χ2v) is 6.27. The maximum atomic E-state index is 13.5. The minimum Gasteiger partial charge on any atom is -0.309 e. The van der Waals surface area contributed by atoms with Crippen molar-refractivity contribution < 1.29 is 4.39 Å². The summed E-state index contributed by atoms with van der Waals surface area (Å²) in [6.45, 7) is 2.92. The third kappa shape index (κ3) is 3.93. The Bertz CT molecular complexity index is 599. The summed E-state index contributed by atoms with van der Waals surface area (Å²) in [4.78, 5) is 2.34. The Balaban J connectivity index is 1.63. The van der Waals surface area contributed by atoms with Gasteiger partial charge in [-0.05, 0) is 42.6 Å². The number of nitrogens with one attached hydrogen (secondary N) is 1. The fraction of sp³-hybridized carbons (Fsp3) is 0.368. The summed E-state index contributed by atoms with van der Waals surface area (Å²) < 4.78 is 13.5. The van der Waals surface area contributed by atoms with E-state index in [1.54, 1.807) is 6.07 Å². The van der Waals surface area contributed by atoms with Crippen molar-refractivity contribution in [3.63, 3.8) is 0 Å². The van der Waals surface area contributed by atoms with E-state index in [-0.39, 0.29) is 5.82 Å². The summed E-state index contributed by atoms with van der Waals surface area (Å²) in [6, 6.07) is 17.9. The molecule has 2 nitrogen and oxygen atoms in total. The van der Waals surface area contributed by atoms with E-state index in [1.807, 2.05) is 18.2 Å². The molecule has 1 saturated heterocycles. The molecule has 0 bridgehead atoms. The molecule has 2 aromatic carbocycles. The average Bonchev–Trinajstić information content (AvgIpc) is 2.53. The molecule has 1 heterocycles. The van der Waals surface area contributed by atoms with Gasteiger partial charge in [0.25, 0.3) is 0 Å². The van der Waals surface area contributed by atoms with Crippen molar-refractivity contribution in [2.24, 2.45) is 0 Å². The smallest absolute Gasteiger partial charge is 0.123 e. The number of likely N-dealkylation sites (tertiary alicyclic amines) is 1. The summed E-state index contributed by atoms with van der Waals surface area (Å²) in [6.07, 6.45) is 1.06. The van der Waals surface area contributed by atoms with E-state index in [4.69, 9.17) is 0 Å². The molecule has 1 N–H and O–H groups in total. The molecule has 0 spiro atoms. The lowest BCUT2D eigenvalue weighted by Gasteiger charge is -2.36. The van der Waals surface area contributed by atoms with Gasteiger partial charge in [0.15, 0.2) is 0 Å². The van der Waals surface area contributed by atoms with Gasteiger partial charge in [-0.1, -0.05) is 42.5 Å². The molecule has 116 valence electrons. The minimum atomic E-state index is -0.139. The second kappa shape index (κ2) is 7.03. The molecule has 0 aromatic heterocycles. The number of hydrogen-bond donors (Lipinski definition) is 1. The summed E-state index contributed by atoms with van der Waals surface area (Å²) in [5.74, 6) is 0.252. The zero-order valence-corrected chi connectivity index (χ0v) is 13.0. The van der Waals surface area contributed by atoms with Crippen LogP contribution in [0.2, 0.25) is 0 Å². The van der Waals surface area contributed by atoms with Crippen molar-refractivity contribution in [2.45, 2.75) is 24.9 Å². The van der Waals surface area contributed by atoms with E-state index in [2.05, 4.69) is 41.5 Å². The van der Waals surface area contributed by atoms with E-state index < -0.39 is 0 Å². The molecule has 0 saturated carbocycles. The molecular weight excluding hydrogens is 275 g/mol. The molecular formula is C19H23FN2. The molecule has 2 atom stereocenters. The Morgan fingerprint density at radius 1 is 1.09 bits per heavy atom. The number of piperidine rings is 1. The van der Waals surface area contributed by atoms with Gasteiger partial charge < -0.3 is 10.2 Å². The molecule has 3 heteroatoms. The zero-order valence-electron chi connectivity index (χ0n) is 13.0. The molecule has 1 aliphatic heterocycles. The van der Waals surface area contributed by atoms with Crippen molar-refractivity contribution in [1.82, 2.24) is 10.2 Å². The Hall–Kier alpha value is -1.71. The van der Waals surface area contributed by atoms with Crippen molar-refractivity contribution in [3.05, 3.63) is 71.5 Å². The maximum Gasteiger partial charge on any atom is 0.123 e. The van der Waals surface area contributed by atoms with Gasteiger partial charge in [-0.3, -0.25) is 0 Å². The monoisotopic (exact) mass is 298 g/mol. The number of halogens is 1. The molecule has 2 unspecified atom stereocenters. The Labute approximate surface area is 132 Å². The van der Waals surface area contributed by atoms with Gasteiger partial charge >= 0.3 is 0 Å². The molecule has 0 radical (unpaired) electrons. The first kappa shape index (κ1) is 15.2. The largest absolute Gasteiger partial charge is 0.309 e. The standard InChI is InChI=1S/C19H23FN2/c1-22-13-17(16-8-5-9-18(20)10-16)11-19(14-22)21-12-15-6-3-2-4-7-15/h2-10,17,19,21H,11-14H2,1H3. The predicted octanol–water partition coefficient (Wildman–Crippen LogP) is 3.40. The third-order valence-electron chi connectivity index (χ3n) is 4.39. The van der Waals surface area contributed by atoms with Crippen molar-refractivity contribution >= 4 is 0 Å². The first-order valence-corrected chi connectivity index (χ1v) is 7.92. The summed E-state index contributed by atoms with van der Waals surface area (Å²) in [7, 11) is 2.14. The highest BCUT2D eigenvalue weighted by Gasteiger charge is 2.26. The molecule has 1 fully saturated rings. The first-order valence-electron chi connectivity index (χ1n) is 7.92. The van der Waals surface area contributed by atoms with Crippen LogP contribution in [0.5, 0.6) is 0 Å². The number of likely N-dealkylation sites (N-methyl/N-ethyl adjacent to an activating group) is 1. The quantitative estimate of drug-likeness (QED) is 0.930. The van der Waals surface area contributed by atoms with Crippen LogP contribution in [-0.4, -0.2) is 31.1 Å². The number of hydrogen-bond acceptors (Lipinski definition) is 2. The van der Waals surface area contributed by atoms with Crippen LogP contribution < -0.4 is 5.32 Å². The van der Waals surface area contributed by atoms with Crippen molar-refractivity contribution in [2.75, 3.05) is 20.1 Å². The van der Waals surface area contributed by atoms with Gasteiger partial charge in [0, 0.05) is 25.7 Å². The lowest BCUT2D eigenvalue weighted by Crippen LogP contribution is -2.46. The van der Waals surface area contributed by atoms with Crippen LogP contribution in [0.4, 0.5) is 4.39 Å². The number of nitrogens with zero attached hydrogens (tertiary/aromatic N) is 1. The van der Waals surface area contributed by atoms with E-state index in [9.17, 15) is 4.39 Å². The summed E-state index contributed by atoms with van der Waals surface area (Å²) in [5.41, 5.74) is 2.41. The lowest BCUT2D eigenvalue weighted by atomic mass is 9.88. The van der Waals surface area contributed by atoms with E-state index >= 15 is 0 Å². The normalized spacial score (nSPS) is 22.6. The topological polar surface area (TPSA) is 15.3 Å². The maximum absolute atomic E-state index is 13.5. The summed E-state index contributed by atoms with van der Waals surface area (Å²) in [5, 5.41) is 3.65. The minimum absolute atomic E-state index is 0.139. The highest BCUT2D eigenvalue weighted by Crippen LogP contribution is 2.27. The fourth-order valence-corrected chi connectivity index (χ4v) is 3.33. The number of benzene rings is 2. The SMILES string of the molecule is CN1CC(NCc2ccccc2)CC(c2cccc(F)c2)C1. The van der Waals surface area contributed by atoms with Gasteiger partial charge in [0.2, 0.25) is 0 Å². The highest BCUT2D eigenvalue weighted by atomic mass is 19.1. The van der Waals surface area contributed by atoms with E-state index in [0.717, 1.165) is 31.6 Å².